The predicted molar refractivity (Wildman–Crippen MR) is 123 cm³/mol. The predicted octanol–water partition coefficient (Wildman–Crippen LogP) is 6.28. The summed E-state index contributed by atoms with van der Waals surface area (Å²) in [5.74, 6) is -8.94. The fraction of sp³-hybridized carbons (Fsp3) is 0.296. The van der Waals surface area contributed by atoms with E-state index in [0.29, 0.717) is 0 Å². The zero-order valence-electron chi connectivity index (χ0n) is 18.8. The second-order valence-corrected chi connectivity index (χ2v) is 11.1. The number of carbonyl (C=O) groups is 1. The molecule has 0 spiro atoms. The van der Waals surface area contributed by atoms with Crippen molar-refractivity contribution in [3.05, 3.63) is 90.5 Å². The van der Waals surface area contributed by atoms with Gasteiger partial charge in [0.2, 0.25) is 5.60 Å². The van der Waals surface area contributed by atoms with Crippen LogP contribution < -0.4 is 0 Å². The summed E-state index contributed by atoms with van der Waals surface area (Å²) in [6, 6.07) is 26.2. The van der Waals surface area contributed by atoms with Gasteiger partial charge in [0, 0.05) is 5.92 Å². The molecule has 3 nitrogen and oxygen atoms in total. The van der Waals surface area contributed by atoms with Crippen molar-refractivity contribution in [2.75, 3.05) is 0 Å². The fourth-order valence-electron chi connectivity index (χ4n) is 5.28. The monoisotopic (exact) mass is 521 g/mol. The van der Waals surface area contributed by atoms with Crippen LogP contribution in [0.5, 0.6) is 0 Å². The quantitative estimate of drug-likeness (QED) is 0.244. The molecular formula is C27H22F5O3S+. The molecular weight excluding hydrogens is 499 g/mol. The minimum atomic E-state index is -5.48. The van der Waals surface area contributed by atoms with E-state index in [1.807, 2.05) is 60.7 Å². The van der Waals surface area contributed by atoms with Crippen molar-refractivity contribution >= 4 is 16.9 Å². The minimum absolute atomic E-state index is 0.112. The van der Waals surface area contributed by atoms with E-state index in [9.17, 15) is 31.9 Å². The number of rotatable bonds is 5. The van der Waals surface area contributed by atoms with Gasteiger partial charge in [-0.25, -0.2) is 13.6 Å². The average Bonchev–Trinajstić information content (AvgIpc) is 3.37. The molecule has 2 aliphatic carbocycles. The van der Waals surface area contributed by atoms with Gasteiger partial charge >= 0.3 is 12.1 Å². The molecule has 3 aromatic rings. The van der Waals surface area contributed by atoms with E-state index in [-0.39, 0.29) is 5.56 Å². The highest BCUT2D eigenvalue weighted by Gasteiger charge is 2.82. The van der Waals surface area contributed by atoms with Crippen LogP contribution in [-0.4, -0.2) is 34.9 Å². The maximum atomic E-state index is 14.6. The number of alkyl halides is 5. The van der Waals surface area contributed by atoms with Crippen LogP contribution in [0.1, 0.15) is 23.2 Å². The Morgan fingerprint density at radius 2 is 1.33 bits per heavy atom. The van der Waals surface area contributed by atoms with Gasteiger partial charge in [0.1, 0.15) is 6.10 Å². The van der Waals surface area contributed by atoms with Crippen molar-refractivity contribution in [1.29, 1.82) is 0 Å². The Bertz CT molecular complexity index is 1190. The van der Waals surface area contributed by atoms with Crippen molar-refractivity contribution in [1.82, 2.24) is 0 Å². The number of benzene rings is 3. The summed E-state index contributed by atoms with van der Waals surface area (Å²) in [7, 11) is -0.455. The molecule has 9 heteroatoms. The van der Waals surface area contributed by atoms with Crippen molar-refractivity contribution in [3.8, 4) is 0 Å². The maximum absolute atomic E-state index is 14.6. The fourth-order valence-corrected chi connectivity index (χ4v) is 7.36. The van der Waals surface area contributed by atoms with Gasteiger partial charge in [-0.3, -0.25) is 0 Å². The number of carbonyl (C=O) groups excluding carboxylic acids is 1. The normalized spacial score (nSPS) is 26.8. The van der Waals surface area contributed by atoms with Crippen LogP contribution >= 0.6 is 0 Å². The van der Waals surface area contributed by atoms with E-state index in [4.69, 9.17) is 4.74 Å². The van der Waals surface area contributed by atoms with Gasteiger partial charge in [-0.1, -0.05) is 36.4 Å². The summed E-state index contributed by atoms with van der Waals surface area (Å²) in [5.41, 5.74) is -3.99. The molecule has 2 fully saturated rings. The van der Waals surface area contributed by atoms with E-state index in [1.165, 1.54) is 12.1 Å². The number of aliphatic hydroxyl groups is 1. The number of halogens is 5. The highest BCUT2D eigenvalue weighted by Crippen LogP contribution is 2.65. The summed E-state index contributed by atoms with van der Waals surface area (Å²) >= 11 is 0. The molecule has 0 aromatic heterocycles. The smallest absolute Gasteiger partial charge is 0.423 e. The summed E-state index contributed by atoms with van der Waals surface area (Å²) in [6.07, 6.45) is -7.90. The SMILES string of the molecule is O=C(OC1CC2CC1C(F)(F)C2(O)C(F)(F)F)c1ccc([S+](c2ccccc2)c2ccccc2)cc1. The molecule has 2 aliphatic rings. The van der Waals surface area contributed by atoms with Crippen LogP contribution in [0, 0.1) is 11.8 Å². The van der Waals surface area contributed by atoms with Crippen LogP contribution in [0.15, 0.2) is 99.6 Å². The zero-order chi connectivity index (χ0) is 25.7. The van der Waals surface area contributed by atoms with Crippen molar-refractivity contribution in [2.45, 2.75) is 51.3 Å². The van der Waals surface area contributed by atoms with Gasteiger partial charge in [-0.15, -0.1) is 0 Å². The van der Waals surface area contributed by atoms with E-state index in [2.05, 4.69) is 0 Å². The molecule has 3 aromatic carbocycles. The van der Waals surface area contributed by atoms with E-state index in [0.717, 1.165) is 14.7 Å². The molecule has 4 atom stereocenters. The largest absolute Gasteiger partial charge is 0.458 e. The van der Waals surface area contributed by atoms with Gasteiger partial charge in [0.25, 0.3) is 5.92 Å². The Morgan fingerprint density at radius 1 is 0.833 bits per heavy atom. The van der Waals surface area contributed by atoms with Gasteiger partial charge < -0.3 is 9.84 Å². The lowest BCUT2D eigenvalue weighted by Crippen LogP contribution is -2.64. The lowest BCUT2D eigenvalue weighted by atomic mass is 9.79. The molecule has 4 unspecified atom stereocenters. The summed E-state index contributed by atoms with van der Waals surface area (Å²) < 4.78 is 74.2. The summed E-state index contributed by atoms with van der Waals surface area (Å²) in [6.45, 7) is 0. The first-order chi connectivity index (χ1) is 17.0. The first-order valence-electron chi connectivity index (χ1n) is 11.4. The third-order valence-electron chi connectivity index (χ3n) is 7.04. The molecule has 0 radical (unpaired) electrons. The van der Waals surface area contributed by atoms with Crippen molar-refractivity contribution in [2.24, 2.45) is 11.8 Å². The van der Waals surface area contributed by atoms with E-state index < -0.39 is 65.3 Å². The molecule has 2 bridgehead atoms. The standard InChI is InChI=1S/C27H22F5O3S/c28-26(29)22-15-18(25(26,34)27(30,31)32)16-23(22)35-24(33)17-11-13-21(14-12-17)36(19-7-3-1-4-8-19)20-9-5-2-6-10-20/h1-14,18,22-23,34H,15-16H2/q+1. The third-order valence-corrected chi connectivity index (χ3v) is 9.27. The zero-order valence-corrected chi connectivity index (χ0v) is 19.6. The van der Waals surface area contributed by atoms with Crippen LogP contribution in [0.3, 0.4) is 0 Å². The molecule has 0 aliphatic heterocycles. The Labute approximate surface area is 207 Å². The van der Waals surface area contributed by atoms with Gasteiger partial charge in [0.15, 0.2) is 14.7 Å². The van der Waals surface area contributed by atoms with Gasteiger partial charge in [-0.05, 0) is 61.4 Å². The highest BCUT2D eigenvalue weighted by atomic mass is 32.2. The van der Waals surface area contributed by atoms with Crippen LogP contribution in [0.2, 0.25) is 0 Å². The molecule has 0 heterocycles. The van der Waals surface area contributed by atoms with Crippen LogP contribution in [0.25, 0.3) is 0 Å². The van der Waals surface area contributed by atoms with E-state index in [1.54, 1.807) is 12.1 Å². The van der Waals surface area contributed by atoms with Crippen molar-refractivity contribution < 1.29 is 36.6 Å². The first-order valence-corrected chi connectivity index (χ1v) is 12.6. The Balaban J connectivity index is 1.35. The Kier molecular flexibility index (Phi) is 6.11. The summed E-state index contributed by atoms with van der Waals surface area (Å²) in [4.78, 5) is 15.8. The summed E-state index contributed by atoms with van der Waals surface area (Å²) in [5, 5.41) is 9.87. The molecule has 1 N–H and O–H groups in total. The van der Waals surface area contributed by atoms with E-state index >= 15 is 0 Å². The molecule has 5 rings (SSSR count). The topological polar surface area (TPSA) is 46.5 Å². The third kappa shape index (κ3) is 3.89. The number of hydrogen-bond acceptors (Lipinski definition) is 3. The second kappa shape index (κ2) is 8.88. The lowest BCUT2D eigenvalue weighted by molar-refractivity contribution is -0.352. The van der Waals surface area contributed by atoms with Crippen LogP contribution in [-0.2, 0) is 15.6 Å². The average molecular weight is 522 g/mol. The molecule has 0 amide bonds. The first kappa shape index (κ1) is 24.8. The Hall–Kier alpha value is -2.91. The van der Waals surface area contributed by atoms with Crippen LogP contribution in [0.4, 0.5) is 22.0 Å². The molecule has 188 valence electrons. The maximum Gasteiger partial charge on any atom is 0.423 e. The Morgan fingerprint density at radius 3 is 1.81 bits per heavy atom. The number of fused-ring (bicyclic) bond motifs is 2. The lowest BCUT2D eigenvalue weighted by Gasteiger charge is -2.42. The molecule has 2 saturated carbocycles. The second-order valence-electron chi connectivity index (χ2n) is 9.06. The van der Waals surface area contributed by atoms with Gasteiger partial charge in [-0.2, -0.15) is 13.2 Å². The molecule has 36 heavy (non-hydrogen) atoms. The molecule has 0 saturated heterocycles. The number of hydrogen-bond donors (Lipinski definition) is 1. The highest BCUT2D eigenvalue weighted by molar-refractivity contribution is 7.97. The number of ether oxygens (including phenoxy) is 1. The minimum Gasteiger partial charge on any atom is -0.458 e. The number of esters is 1. The van der Waals surface area contributed by atoms with Gasteiger partial charge in [0.05, 0.1) is 22.4 Å². The van der Waals surface area contributed by atoms with Crippen molar-refractivity contribution in [3.63, 3.8) is 0 Å².